The molecule has 0 spiro atoms. The summed E-state index contributed by atoms with van der Waals surface area (Å²) in [7, 11) is 1.55. The third-order valence-electron chi connectivity index (χ3n) is 4.48. The molecule has 2 aromatic rings. The average Bonchev–Trinajstić information content (AvgIpc) is 3.17. The molecule has 0 fully saturated rings. The molecule has 0 saturated heterocycles. The highest BCUT2D eigenvalue weighted by Crippen LogP contribution is 2.33. The standard InChI is InChI=1S/C20H19N3O6/c1-29-16-7-5-13(6-8-16)17-12-18(14-3-2-4-15(11-14)23(27)28)22(21-17)19(24)9-10-20(25)26/h2-8,11-12,18,21H,9-10H2,1H3,(H,25,26)/p-1. The Bertz CT molecular complexity index is 970. The van der Waals surface area contributed by atoms with E-state index in [4.69, 9.17) is 4.74 Å². The van der Waals surface area contributed by atoms with Crippen LogP contribution in [0.25, 0.3) is 5.70 Å². The number of benzene rings is 2. The number of carbonyl (C=O) groups excluding carboxylic acids is 2. The number of non-ortho nitro benzene ring substituents is 1. The largest absolute Gasteiger partial charge is 0.550 e. The van der Waals surface area contributed by atoms with E-state index in [1.807, 2.05) is 0 Å². The fraction of sp³-hybridized carbons (Fsp3) is 0.200. The van der Waals surface area contributed by atoms with Crippen molar-refractivity contribution in [3.63, 3.8) is 0 Å². The number of nitro groups is 1. The molecule has 0 saturated carbocycles. The summed E-state index contributed by atoms with van der Waals surface area (Å²) in [4.78, 5) is 34.0. The highest BCUT2D eigenvalue weighted by Gasteiger charge is 2.31. The second kappa shape index (κ2) is 8.42. The van der Waals surface area contributed by atoms with Crippen LogP contribution in [0.15, 0.2) is 54.6 Å². The van der Waals surface area contributed by atoms with Gasteiger partial charge in [-0.25, -0.2) is 5.01 Å². The first-order chi connectivity index (χ1) is 13.9. The Labute approximate surface area is 166 Å². The summed E-state index contributed by atoms with van der Waals surface area (Å²) in [6, 6.07) is 12.5. The van der Waals surface area contributed by atoms with Crippen LogP contribution in [0.2, 0.25) is 0 Å². The molecule has 9 nitrogen and oxygen atoms in total. The van der Waals surface area contributed by atoms with Crippen molar-refractivity contribution in [2.45, 2.75) is 18.9 Å². The number of nitrogens with zero attached hydrogens (tertiary/aromatic N) is 2. The Balaban J connectivity index is 1.94. The van der Waals surface area contributed by atoms with E-state index in [2.05, 4.69) is 5.43 Å². The van der Waals surface area contributed by atoms with Crippen molar-refractivity contribution in [1.82, 2.24) is 10.4 Å². The summed E-state index contributed by atoms with van der Waals surface area (Å²) in [5, 5.41) is 23.1. The number of hydrogen-bond acceptors (Lipinski definition) is 7. The molecule has 1 unspecified atom stereocenters. The predicted octanol–water partition coefficient (Wildman–Crippen LogP) is 1.56. The summed E-state index contributed by atoms with van der Waals surface area (Å²) in [5.41, 5.74) is 4.80. The lowest BCUT2D eigenvalue weighted by Crippen LogP contribution is -2.40. The fourth-order valence-electron chi connectivity index (χ4n) is 3.01. The summed E-state index contributed by atoms with van der Waals surface area (Å²) in [6.45, 7) is 0. The molecule has 2 aromatic carbocycles. The van der Waals surface area contributed by atoms with Gasteiger partial charge >= 0.3 is 0 Å². The van der Waals surface area contributed by atoms with E-state index in [0.717, 1.165) is 5.56 Å². The van der Waals surface area contributed by atoms with Crippen LogP contribution in [-0.4, -0.2) is 28.9 Å². The van der Waals surface area contributed by atoms with E-state index >= 15 is 0 Å². The number of aliphatic carboxylic acids is 1. The van der Waals surface area contributed by atoms with E-state index in [-0.39, 0.29) is 12.1 Å². The van der Waals surface area contributed by atoms with Gasteiger partial charge in [-0.2, -0.15) is 0 Å². The summed E-state index contributed by atoms with van der Waals surface area (Å²) in [5.74, 6) is -1.12. The maximum atomic E-state index is 12.6. The number of nitro benzene ring substituents is 1. The smallest absolute Gasteiger partial charge is 0.269 e. The van der Waals surface area contributed by atoms with Crippen LogP contribution in [0, 0.1) is 10.1 Å². The molecule has 3 rings (SSSR count). The lowest BCUT2D eigenvalue weighted by atomic mass is 10.0. The molecule has 1 heterocycles. The van der Waals surface area contributed by atoms with E-state index in [1.165, 1.54) is 23.2 Å². The molecule has 1 aliphatic rings. The summed E-state index contributed by atoms with van der Waals surface area (Å²) in [6.07, 6.45) is 1.08. The highest BCUT2D eigenvalue weighted by atomic mass is 16.6. The monoisotopic (exact) mass is 396 g/mol. The first-order valence-electron chi connectivity index (χ1n) is 8.78. The molecule has 9 heteroatoms. The van der Waals surface area contributed by atoms with E-state index in [1.54, 1.807) is 43.5 Å². The van der Waals surface area contributed by atoms with Gasteiger partial charge in [0.25, 0.3) is 5.69 Å². The van der Waals surface area contributed by atoms with Gasteiger partial charge in [-0.05, 0) is 47.9 Å². The van der Waals surface area contributed by atoms with Gasteiger partial charge in [0, 0.05) is 24.5 Å². The zero-order valence-electron chi connectivity index (χ0n) is 15.5. The summed E-state index contributed by atoms with van der Waals surface area (Å²) < 4.78 is 5.14. The molecule has 1 amide bonds. The first-order valence-corrected chi connectivity index (χ1v) is 8.78. The normalized spacial score (nSPS) is 15.4. The van der Waals surface area contributed by atoms with Gasteiger partial charge in [-0.3, -0.25) is 20.3 Å². The topological polar surface area (TPSA) is 125 Å². The number of carboxylic acid groups (broad SMARTS) is 1. The van der Waals surface area contributed by atoms with Crippen molar-refractivity contribution in [3.8, 4) is 5.75 Å². The van der Waals surface area contributed by atoms with Gasteiger partial charge in [0.15, 0.2) is 0 Å². The van der Waals surface area contributed by atoms with E-state index < -0.39 is 29.3 Å². The molecule has 0 bridgehead atoms. The average molecular weight is 396 g/mol. The van der Waals surface area contributed by atoms with Gasteiger partial charge in [-0.1, -0.05) is 12.1 Å². The van der Waals surface area contributed by atoms with Crippen molar-refractivity contribution in [2.75, 3.05) is 7.11 Å². The molecule has 0 aliphatic carbocycles. The number of carboxylic acids is 1. The van der Waals surface area contributed by atoms with Gasteiger partial charge in [0.1, 0.15) is 5.75 Å². The van der Waals surface area contributed by atoms with Crippen molar-refractivity contribution in [3.05, 3.63) is 75.8 Å². The Kier molecular flexibility index (Phi) is 5.77. The van der Waals surface area contributed by atoms with Crippen molar-refractivity contribution in [1.29, 1.82) is 0 Å². The Morgan fingerprint density at radius 2 is 1.90 bits per heavy atom. The Morgan fingerprint density at radius 3 is 2.52 bits per heavy atom. The number of carbonyl (C=O) groups is 2. The first kappa shape index (κ1) is 19.9. The molecular formula is C20H18N3O6-. The Hall–Kier alpha value is -3.88. The van der Waals surface area contributed by atoms with Gasteiger partial charge in [0.2, 0.25) is 5.91 Å². The minimum atomic E-state index is -1.33. The highest BCUT2D eigenvalue weighted by molar-refractivity contribution is 5.83. The number of nitrogens with one attached hydrogen (secondary N) is 1. The molecule has 1 N–H and O–H groups in total. The number of rotatable bonds is 7. The zero-order chi connectivity index (χ0) is 21.0. The predicted molar refractivity (Wildman–Crippen MR) is 101 cm³/mol. The number of methoxy groups -OCH3 is 1. The molecule has 1 atom stereocenters. The minimum Gasteiger partial charge on any atom is -0.550 e. The van der Waals surface area contributed by atoms with Crippen LogP contribution in [0.4, 0.5) is 5.69 Å². The molecular weight excluding hydrogens is 378 g/mol. The van der Waals surface area contributed by atoms with E-state index in [9.17, 15) is 24.8 Å². The molecule has 29 heavy (non-hydrogen) atoms. The van der Waals surface area contributed by atoms with Gasteiger partial charge < -0.3 is 14.6 Å². The van der Waals surface area contributed by atoms with Crippen molar-refractivity contribution < 1.29 is 24.4 Å². The van der Waals surface area contributed by atoms with Crippen molar-refractivity contribution >= 4 is 23.3 Å². The van der Waals surface area contributed by atoms with Crippen molar-refractivity contribution in [2.24, 2.45) is 0 Å². The maximum absolute atomic E-state index is 12.6. The third kappa shape index (κ3) is 4.52. The molecule has 0 radical (unpaired) electrons. The van der Waals surface area contributed by atoms with Crippen LogP contribution in [0.5, 0.6) is 5.75 Å². The van der Waals surface area contributed by atoms with Gasteiger partial charge in [0.05, 0.1) is 23.8 Å². The molecule has 1 aliphatic heterocycles. The minimum absolute atomic E-state index is 0.101. The molecule has 0 aromatic heterocycles. The van der Waals surface area contributed by atoms with Crippen LogP contribution >= 0.6 is 0 Å². The Morgan fingerprint density at radius 1 is 1.17 bits per heavy atom. The van der Waals surface area contributed by atoms with Crippen LogP contribution in [0.3, 0.4) is 0 Å². The van der Waals surface area contributed by atoms with Crippen LogP contribution in [0.1, 0.15) is 30.0 Å². The lowest BCUT2D eigenvalue weighted by Gasteiger charge is -2.25. The fourth-order valence-corrected chi connectivity index (χ4v) is 3.01. The van der Waals surface area contributed by atoms with E-state index in [0.29, 0.717) is 17.0 Å². The second-order valence-corrected chi connectivity index (χ2v) is 6.35. The number of ether oxygens (including phenoxy) is 1. The number of hydrogen-bond donors (Lipinski definition) is 1. The summed E-state index contributed by atoms with van der Waals surface area (Å²) >= 11 is 0. The van der Waals surface area contributed by atoms with Crippen LogP contribution < -0.4 is 15.3 Å². The molecule has 150 valence electrons. The van der Waals surface area contributed by atoms with Crippen LogP contribution in [-0.2, 0) is 9.59 Å². The van der Waals surface area contributed by atoms with Gasteiger partial charge in [-0.15, -0.1) is 0 Å². The SMILES string of the molecule is COc1ccc(C2=CC(c3cccc([N+](=O)[O-])c3)N(C(=O)CCC(=O)[O-])N2)cc1. The maximum Gasteiger partial charge on any atom is 0.269 e. The number of amides is 1. The quantitative estimate of drug-likeness (QED) is 0.556. The second-order valence-electron chi connectivity index (χ2n) is 6.35. The zero-order valence-corrected chi connectivity index (χ0v) is 15.5. The number of hydrazine groups is 1. The lowest BCUT2D eigenvalue weighted by molar-refractivity contribution is -0.384. The third-order valence-corrected chi connectivity index (χ3v) is 4.48.